The van der Waals surface area contributed by atoms with Crippen molar-refractivity contribution in [2.24, 2.45) is 0 Å². The Morgan fingerprint density at radius 3 is 2.15 bits per heavy atom. The third kappa shape index (κ3) is 5.18. The Bertz CT molecular complexity index is 876. The van der Waals surface area contributed by atoms with Crippen LogP contribution in [0.1, 0.15) is 10.4 Å². The van der Waals surface area contributed by atoms with Crippen molar-refractivity contribution in [3.63, 3.8) is 0 Å². The van der Waals surface area contributed by atoms with Gasteiger partial charge < -0.3 is 10.1 Å². The second-order valence-corrected chi connectivity index (χ2v) is 9.59. The molecule has 0 bridgehead atoms. The predicted molar refractivity (Wildman–Crippen MR) is 88.2 cm³/mol. The topological polar surface area (TPSA) is 110 Å². The van der Waals surface area contributed by atoms with Crippen molar-refractivity contribution in [1.29, 1.82) is 0 Å². The molecule has 1 N–H and O–H groups in total. The average molecular weight is 430 g/mol. The molecule has 13 heteroatoms. The minimum absolute atomic E-state index is 0.0973. The number of alkyl halides is 3. The molecule has 8 nitrogen and oxygen atoms in total. The van der Waals surface area contributed by atoms with Gasteiger partial charge in [0.1, 0.15) is 0 Å². The average Bonchev–Trinajstić information content (AvgIpc) is 2.61. The molecule has 0 radical (unpaired) electrons. The van der Waals surface area contributed by atoms with Gasteiger partial charge in [-0.1, -0.05) is 0 Å². The van der Waals surface area contributed by atoms with E-state index in [4.69, 9.17) is 4.74 Å². The molecule has 1 heterocycles. The number of benzene rings is 1. The third-order valence-corrected chi connectivity index (χ3v) is 7.11. The number of sulfonamides is 1. The van der Waals surface area contributed by atoms with Crippen LogP contribution in [-0.4, -0.2) is 71.2 Å². The molecular weight excluding hydrogens is 413 g/mol. The van der Waals surface area contributed by atoms with Gasteiger partial charge in [0.25, 0.3) is 15.7 Å². The predicted octanol–water partition coefficient (Wildman–Crippen LogP) is 0.372. The van der Waals surface area contributed by atoms with Crippen LogP contribution in [0.15, 0.2) is 29.2 Å². The van der Waals surface area contributed by atoms with Crippen molar-refractivity contribution in [2.75, 3.05) is 38.6 Å². The van der Waals surface area contributed by atoms with Crippen LogP contribution < -0.4 is 5.32 Å². The number of carbonyl (C=O) groups excluding carboxylic acids is 1. The molecule has 1 aliphatic heterocycles. The summed E-state index contributed by atoms with van der Waals surface area (Å²) in [7, 11) is -9.06. The van der Waals surface area contributed by atoms with E-state index in [2.05, 4.69) is 5.32 Å². The van der Waals surface area contributed by atoms with Crippen molar-refractivity contribution in [3.05, 3.63) is 29.8 Å². The number of carbonyl (C=O) groups is 1. The molecule has 152 valence electrons. The van der Waals surface area contributed by atoms with E-state index >= 15 is 0 Å². The first-order valence-corrected chi connectivity index (χ1v) is 10.8. The van der Waals surface area contributed by atoms with Crippen molar-refractivity contribution in [3.8, 4) is 0 Å². The Morgan fingerprint density at radius 2 is 1.63 bits per heavy atom. The van der Waals surface area contributed by atoms with Crippen molar-refractivity contribution in [1.82, 2.24) is 9.62 Å². The molecule has 0 spiro atoms. The minimum Gasteiger partial charge on any atom is -0.379 e. The maximum Gasteiger partial charge on any atom is 0.501 e. The molecular formula is C14H17F3N2O6S2. The summed E-state index contributed by atoms with van der Waals surface area (Å²) in [6.07, 6.45) is 0. The van der Waals surface area contributed by atoms with Gasteiger partial charge in [0, 0.05) is 25.2 Å². The zero-order chi connectivity index (χ0) is 20.3. The number of morpholine rings is 1. The van der Waals surface area contributed by atoms with Crippen molar-refractivity contribution >= 4 is 25.8 Å². The second-order valence-electron chi connectivity index (χ2n) is 5.56. The van der Waals surface area contributed by atoms with E-state index in [-0.39, 0.29) is 31.0 Å². The van der Waals surface area contributed by atoms with Gasteiger partial charge >= 0.3 is 5.51 Å². The molecule has 0 aliphatic carbocycles. The Balaban J connectivity index is 1.95. The van der Waals surface area contributed by atoms with Gasteiger partial charge in [0.15, 0.2) is 0 Å². The first kappa shape index (κ1) is 21.6. The number of nitrogens with zero attached hydrogens (tertiary/aromatic N) is 1. The second kappa shape index (κ2) is 8.12. The monoisotopic (exact) mass is 430 g/mol. The largest absolute Gasteiger partial charge is 0.501 e. The molecule has 1 aliphatic rings. The molecule has 1 amide bonds. The number of hydrogen-bond acceptors (Lipinski definition) is 6. The van der Waals surface area contributed by atoms with Crippen LogP contribution in [0, 0.1) is 0 Å². The van der Waals surface area contributed by atoms with E-state index in [1.54, 1.807) is 0 Å². The van der Waals surface area contributed by atoms with Crippen LogP contribution in [0.5, 0.6) is 0 Å². The lowest BCUT2D eigenvalue weighted by atomic mass is 10.2. The summed E-state index contributed by atoms with van der Waals surface area (Å²) in [5.74, 6) is -1.08. The van der Waals surface area contributed by atoms with Crippen LogP contribution in [0.4, 0.5) is 13.2 Å². The summed E-state index contributed by atoms with van der Waals surface area (Å²) < 4.78 is 90.5. The summed E-state index contributed by atoms with van der Waals surface area (Å²) in [6, 6.07) is 3.18. The number of sulfone groups is 1. The molecule has 0 saturated carbocycles. The lowest BCUT2D eigenvalue weighted by Crippen LogP contribution is -2.43. The first-order valence-electron chi connectivity index (χ1n) is 7.70. The molecule has 1 aromatic rings. The Morgan fingerprint density at radius 1 is 1.07 bits per heavy atom. The SMILES string of the molecule is O=C(NCCS(=O)(=O)N1CCOCC1)c1ccc(S(=O)(=O)C(F)(F)F)cc1. The maximum absolute atomic E-state index is 12.5. The van der Waals surface area contributed by atoms with Crippen LogP contribution in [0.2, 0.25) is 0 Å². The van der Waals surface area contributed by atoms with E-state index in [1.807, 2.05) is 0 Å². The summed E-state index contributed by atoms with van der Waals surface area (Å²) in [5.41, 5.74) is -5.54. The summed E-state index contributed by atoms with van der Waals surface area (Å²) in [5, 5.41) is 2.33. The fourth-order valence-corrected chi connectivity index (χ4v) is 4.35. The summed E-state index contributed by atoms with van der Waals surface area (Å²) >= 11 is 0. The number of hydrogen-bond donors (Lipinski definition) is 1. The molecule has 1 aromatic carbocycles. The molecule has 1 saturated heterocycles. The lowest BCUT2D eigenvalue weighted by Gasteiger charge is -2.26. The van der Waals surface area contributed by atoms with Gasteiger partial charge in [-0.25, -0.2) is 16.8 Å². The van der Waals surface area contributed by atoms with Gasteiger partial charge in [-0.3, -0.25) is 4.79 Å². The molecule has 0 atom stereocenters. The Kier molecular flexibility index (Phi) is 6.50. The van der Waals surface area contributed by atoms with E-state index in [0.717, 1.165) is 12.1 Å². The van der Waals surface area contributed by atoms with Crippen molar-refractivity contribution < 1.29 is 39.5 Å². The van der Waals surface area contributed by atoms with E-state index in [9.17, 15) is 34.8 Å². The van der Waals surface area contributed by atoms with E-state index in [1.165, 1.54) is 4.31 Å². The number of ether oxygens (including phenoxy) is 1. The standard InChI is InChI=1S/C14H17F3N2O6S2/c15-14(16,17)27(23,24)12-3-1-11(2-4-12)13(20)18-5-10-26(21,22)19-6-8-25-9-7-19/h1-4H,5-10H2,(H,18,20). The minimum atomic E-state index is -5.49. The lowest BCUT2D eigenvalue weighted by molar-refractivity contribution is -0.0436. The van der Waals surface area contributed by atoms with Gasteiger partial charge in [-0.2, -0.15) is 17.5 Å². The smallest absolute Gasteiger partial charge is 0.379 e. The van der Waals surface area contributed by atoms with Gasteiger partial charge in [0.2, 0.25) is 10.0 Å². The highest BCUT2D eigenvalue weighted by Crippen LogP contribution is 2.30. The van der Waals surface area contributed by atoms with Crippen LogP contribution in [-0.2, 0) is 24.6 Å². The van der Waals surface area contributed by atoms with Crippen LogP contribution >= 0.6 is 0 Å². The summed E-state index contributed by atoms with van der Waals surface area (Å²) in [6.45, 7) is 0.829. The molecule has 0 unspecified atom stereocenters. The summed E-state index contributed by atoms with van der Waals surface area (Å²) in [4.78, 5) is 11.0. The highest BCUT2D eigenvalue weighted by Gasteiger charge is 2.46. The van der Waals surface area contributed by atoms with Crippen LogP contribution in [0.3, 0.4) is 0 Å². The highest BCUT2D eigenvalue weighted by molar-refractivity contribution is 7.92. The van der Waals surface area contributed by atoms with Crippen molar-refractivity contribution in [2.45, 2.75) is 10.4 Å². The van der Waals surface area contributed by atoms with E-state index in [0.29, 0.717) is 25.3 Å². The third-order valence-electron chi connectivity index (χ3n) is 3.74. The van der Waals surface area contributed by atoms with Crippen LogP contribution in [0.25, 0.3) is 0 Å². The zero-order valence-electron chi connectivity index (χ0n) is 13.9. The fourth-order valence-electron chi connectivity index (χ4n) is 2.27. The highest BCUT2D eigenvalue weighted by atomic mass is 32.2. The molecule has 0 aromatic heterocycles. The number of nitrogens with one attached hydrogen (secondary N) is 1. The molecule has 2 rings (SSSR count). The molecule has 1 fully saturated rings. The zero-order valence-corrected chi connectivity index (χ0v) is 15.5. The van der Waals surface area contributed by atoms with Gasteiger partial charge in [0.05, 0.1) is 23.9 Å². The van der Waals surface area contributed by atoms with E-state index < -0.39 is 36.2 Å². The van der Waals surface area contributed by atoms with Gasteiger partial charge in [-0.15, -0.1) is 0 Å². The number of halogens is 3. The number of amides is 1. The maximum atomic E-state index is 12.5. The Labute approximate surface area is 154 Å². The quantitative estimate of drug-likeness (QED) is 0.699. The normalized spacial score (nSPS) is 16.9. The fraction of sp³-hybridized carbons (Fsp3) is 0.500. The first-order chi connectivity index (χ1) is 12.4. The Hall–Kier alpha value is -1.70. The van der Waals surface area contributed by atoms with Gasteiger partial charge in [-0.05, 0) is 24.3 Å². The molecule has 27 heavy (non-hydrogen) atoms. The number of rotatable bonds is 6.